The molecule has 0 saturated heterocycles. The maximum absolute atomic E-state index is 10.7. The molecule has 15 heavy (non-hydrogen) atoms. The van der Waals surface area contributed by atoms with Crippen LogP contribution in [-0.4, -0.2) is 17.4 Å². The lowest BCUT2D eigenvalue weighted by Crippen LogP contribution is -2.10. The van der Waals surface area contributed by atoms with E-state index in [0.29, 0.717) is 5.75 Å². The first-order valence-electron chi connectivity index (χ1n) is 3.96. The van der Waals surface area contributed by atoms with Gasteiger partial charge in [0, 0.05) is 0 Å². The van der Waals surface area contributed by atoms with E-state index in [-0.39, 0.29) is 6.29 Å². The van der Waals surface area contributed by atoms with E-state index in [4.69, 9.17) is 21.4 Å². The predicted molar refractivity (Wildman–Crippen MR) is 53.6 cm³/mol. The normalized spacial score (nSPS) is 11.5. The van der Waals surface area contributed by atoms with Crippen LogP contribution in [0.5, 0.6) is 5.75 Å². The Morgan fingerprint density at radius 2 is 1.93 bits per heavy atom. The lowest BCUT2D eigenvalue weighted by Gasteiger charge is -2.05. The maximum atomic E-state index is 10.7. The first kappa shape index (κ1) is 11.3. The van der Waals surface area contributed by atoms with Gasteiger partial charge in [-0.15, -0.1) is 0 Å². The minimum atomic E-state index is -1.39. The van der Waals surface area contributed by atoms with Crippen LogP contribution in [0, 0.1) is 0 Å². The van der Waals surface area contributed by atoms with Gasteiger partial charge in [0.1, 0.15) is 10.8 Å². The van der Waals surface area contributed by atoms with Crippen molar-refractivity contribution in [3.8, 4) is 5.75 Å². The fraction of sp³-hybridized carbons (Fsp3) is 0. The molecule has 0 bridgehead atoms. The number of halogens is 1. The molecule has 0 spiro atoms. The Bertz CT molecular complexity index is 397. The summed E-state index contributed by atoms with van der Waals surface area (Å²) in [6, 6.07) is 8.20. The summed E-state index contributed by atoms with van der Waals surface area (Å²) in [5, 5.41) is 8.23. The Labute approximate surface area is 90.7 Å². The van der Waals surface area contributed by atoms with Crippen LogP contribution < -0.4 is 4.74 Å². The minimum Gasteiger partial charge on any atom is -0.475 e. The molecule has 4 nitrogen and oxygen atoms in total. The van der Waals surface area contributed by atoms with Crippen molar-refractivity contribution in [2.45, 2.75) is 0 Å². The first-order valence-corrected chi connectivity index (χ1v) is 4.34. The van der Waals surface area contributed by atoms with E-state index in [1.807, 2.05) is 0 Å². The van der Waals surface area contributed by atoms with Crippen LogP contribution in [0.15, 0.2) is 41.1 Å². The number of carboxylic acid groups (broad SMARTS) is 1. The second kappa shape index (κ2) is 5.17. The standard InChI is InChI=1S/C10H7ClO4/c11-8(6-12)9(10(13)14)15-7-4-2-1-3-5-7/h1-6H,(H,13,14)/b9-8+. The molecule has 1 rings (SSSR count). The van der Waals surface area contributed by atoms with Gasteiger partial charge in [0.15, 0.2) is 6.29 Å². The van der Waals surface area contributed by atoms with Crippen LogP contribution in [0.25, 0.3) is 0 Å². The largest absolute Gasteiger partial charge is 0.475 e. The highest BCUT2D eigenvalue weighted by molar-refractivity contribution is 6.40. The van der Waals surface area contributed by atoms with E-state index in [2.05, 4.69) is 0 Å². The summed E-state index contributed by atoms with van der Waals surface area (Å²) >= 11 is 5.38. The number of ether oxygens (including phenoxy) is 1. The average molecular weight is 227 g/mol. The monoisotopic (exact) mass is 226 g/mol. The zero-order valence-electron chi connectivity index (χ0n) is 7.51. The van der Waals surface area contributed by atoms with Crippen molar-refractivity contribution >= 4 is 23.9 Å². The van der Waals surface area contributed by atoms with Crippen molar-refractivity contribution in [3.05, 3.63) is 41.1 Å². The molecule has 0 aliphatic carbocycles. The van der Waals surface area contributed by atoms with Gasteiger partial charge in [-0.1, -0.05) is 29.8 Å². The highest BCUT2D eigenvalue weighted by Crippen LogP contribution is 2.16. The molecule has 0 aromatic heterocycles. The molecule has 0 radical (unpaired) electrons. The molecule has 1 N–H and O–H groups in total. The molecule has 0 saturated carbocycles. The molecule has 0 aliphatic heterocycles. The zero-order valence-corrected chi connectivity index (χ0v) is 8.27. The molecule has 78 valence electrons. The van der Waals surface area contributed by atoms with E-state index < -0.39 is 16.8 Å². The third-order valence-electron chi connectivity index (χ3n) is 1.48. The number of benzene rings is 1. The minimum absolute atomic E-state index is 0.216. The van der Waals surface area contributed by atoms with Crippen molar-refractivity contribution in [2.24, 2.45) is 0 Å². The second-order valence-electron chi connectivity index (χ2n) is 2.52. The Hall–Kier alpha value is -1.81. The lowest BCUT2D eigenvalue weighted by molar-refractivity contribution is -0.135. The number of para-hydroxylation sites is 1. The highest BCUT2D eigenvalue weighted by atomic mass is 35.5. The van der Waals surface area contributed by atoms with Crippen molar-refractivity contribution in [1.82, 2.24) is 0 Å². The van der Waals surface area contributed by atoms with Crippen LogP contribution >= 0.6 is 11.6 Å². The molecular formula is C10H7ClO4. The Morgan fingerprint density at radius 1 is 1.33 bits per heavy atom. The number of hydrogen-bond donors (Lipinski definition) is 1. The average Bonchev–Trinajstić information content (AvgIpc) is 2.26. The number of aliphatic carboxylic acids is 1. The van der Waals surface area contributed by atoms with E-state index in [9.17, 15) is 9.59 Å². The second-order valence-corrected chi connectivity index (χ2v) is 2.92. The summed E-state index contributed by atoms with van der Waals surface area (Å²) < 4.78 is 4.95. The van der Waals surface area contributed by atoms with Crippen LogP contribution in [0.2, 0.25) is 0 Å². The number of rotatable bonds is 4. The van der Waals surface area contributed by atoms with Crippen LogP contribution in [0.1, 0.15) is 0 Å². The molecule has 1 aromatic rings. The Kier molecular flexibility index (Phi) is 3.88. The summed E-state index contributed by atoms with van der Waals surface area (Å²) in [5.74, 6) is -1.68. The fourth-order valence-corrected chi connectivity index (χ4v) is 0.974. The smallest absolute Gasteiger partial charge is 0.373 e. The van der Waals surface area contributed by atoms with Gasteiger partial charge in [-0.05, 0) is 12.1 Å². The van der Waals surface area contributed by atoms with Gasteiger partial charge < -0.3 is 9.84 Å². The molecule has 0 atom stereocenters. The van der Waals surface area contributed by atoms with E-state index in [0.717, 1.165) is 0 Å². The van der Waals surface area contributed by atoms with E-state index >= 15 is 0 Å². The zero-order chi connectivity index (χ0) is 11.3. The molecule has 0 aliphatic rings. The van der Waals surface area contributed by atoms with Crippen molar-refractivity contribution in [3.63, 3.8) is 0 Å². The number of carbonyl (C=O) groups is 2. The van der Waals surface area contributed by atoms with Gasteiger partial charge in [-0.3, -0.25) is 4.79 Å². The molecule has 5 heteroatoms. The van der Waals surface area contributed by atoms with Gasteiger partial charge >= 0.3 is 5.97 Å². The lowest BCUT2D eigenvalue weighted by atomic mass is 10.3. The van der Waals surface area contributed by atoms with E-state index in [1.54, 1.807) is 30.3 Å². The van der Waals surface area contributed by atoms with Gasteiger partial charge in [0.05, 0.1) is 0 Å². The van der Waals surface area contributed by atoms with Crippen molar-refractivity contribution in [1.29, 1.82) is 0 Å². The van der Waals surface area contributed by atoms with Gasteiger partial charge in [-0.25, -0.2) is 4.79 Å². The highest BCUT2D eigenvalue weighted by Gasteiger charge is 2.15. The molecular weight excluding hydrogens is 220 g/mol. The molecule has 0 heterocycles. The maximum Gasteiger partial charge on any atom is 0.373 e. The number of hydrogen-bond acceptors (Lipinski definition) is 3. The Morgan fingerprint density at radius 3 is 2.40 bits per heavy atom. The van der Waals surface area contributed by atoms with Crippen molar-refractivity contribution < 1.29 is 19.4 Å². The first-order chi connectivity index (χ1) is 7.15. The van der Waals surface area contributed by atoms with Gasteiger partial charge in [-0.2, -0.15) is 0 Å². The van der Waals surface area contributed by atoms with Crippen LogP contribution in [-0.2, 0) is 9.59 Å². The summed E-state index contributed by atoms with van der Waals surface area (Å²) in [5.41, 5.74) is 0. The van der Waals surface area contributed by atoms with Gasteiger partial charge in [0.25, 0.3) is 0 Å². The third-order valence-corrected chi connectivity index (χ3v) is 1.74. The quantitative estimate of drug-likeness (QED) is 0.483. The third kappa shape index (κ3) is 3.11. The molecule has 1 aromatic carbocycles. The fourth-order valence-electron chi connectivity index (χ4n) is 0.854. The SMILES string of the molecule is O=C/C(Cl)=C(\Oc1ccccc1)C(=O)O. The van der Waals surface area contributed by atoms with Gasteiger partial charge in [0.2, 0.25) is 5.76 Å². The summed E-state index contributed by atoms with van der Waals surface area (Å²) in [4.78, 5) is 21.0. The van der Waals surface area contributed by atoms with Crippen LogP contribution in [0.4, 0.5) is 0 Å². The molecule has 0 unspecified atom stereocenters. The number of carboxylic acids is 1. The summed E-state index contributed by atoms with van der Waals surface area (Å²) in [6.07, 6.45) is 0.216. The Balaban J connectivity index is 2.96. The van der Waals surface area contributed by atoms with Crippen molar-refractivity contribution in [2.75, 3.05) is 0 Å². The number of carbonyl (C=O) groups excluding carboxylic acids is 1. The van der Waals surface area contributed by atoms with E-state index in [1.165, 1.54) is 0 Å². The molecule has 0 fully saturated rings. The predicted octanol–water partition coefficient (Wildman–Crippen LogP) is 1.80. The number of allylic oxidation sites excluding steroid dienone is 1. The molecule has 0 amide bonds. The summed E-state index contributed by atoms with van der Waals surface area (Å²) in [7, 11) is 0. The van der Waals surface area contributed by atoms with Crippen LogP contribution in [0.3, 0.4) is 0 Å². The topological polar surface area (TPSA) is 63.6 Å². The summed E-state index contributed by atoms with van der Waals surface area (Å²) in [6.45, 7) is 0. The number of aldehydes is 1.